The molecule has 2 aromatic carbocycles. The van der Waals surface area contributed by atoms with E-state index in [4.69, 9.17) is 0 Å². The average Bonchev–Trinajstić information content (AvgIpc) is 2.91. The van der Waals surface area contributed by atoms with Crippen molar-refractivity contribution in [1.82, 2.24) is 0 Å². The third-order valence-corrected chi connectivity index (χ3v) is 10.7. The number of rotatable bonds is 9. The molecule has 4 rings (SSSR count). The van der Waals surface area contributed by atoms with Crippen LogP contribution in [0.4, 0.5) is 0 Å². The van der Waals surface area contributed by atoms with E-state index in [-0.39, 0.29) is 0 Å². The summed E-state index contributed by atoms with van der Waals surface area (Å²) < 4.78 is 0. The molecule has 0 aliphatic heterocycles. The van der Waals surface area contributed by atoms with Gasteiger partial charge in [0, 0.05) is 11.1 Å². The first kappa shape index (κ1) is 32.4. The van der Waals surface area contributed by atoms with Crippen molar-refractivity contribution in [1.29, 1.82) is 0 Å². The fraction of sp³-hybridized carbons (Fsp3) is 0.600. The monoisotopic (exact) mass is 570 g/mol. The Bertz CT molecular complexity index is 1230. The van der Waals surface area contributed by atoms with Crippen molar-refractivity contribution in [2.45, 2.75) is 144 Å². The number of allylic oxidation sites excluding steroid dienone is 4. The number of fused-ring (bicyclic) bond motifs is 2. The molecule has 2 heteroatoms. The van der Waals surface area contributed by atoms with E-state index in [0.717, 1.165) is 47.9 Å². The van der Waals surface area contributed by atoms with Gasteiger partial charge in [-0.1, -0.05) is 63.1 Å². The summed E-state index contributed by atoms with van der Waals surface area (Å²) >= 11 is 0. The molecule has 0 unspecified atom stereocenters. The van der Waals surface area contributed by atoms with Crippen LogP contribution in [0.3, 0.4) is 0 Å². The Morgan fingerprint density at radius 2 is 1.05 bits per heavy atom. The Morgan fingerprint density at radius 1 is 0.690 bits per heavy atom. The zero-order chi connectivity index (χ0) is 30.9. The first-order valence-electron chi connectivity index (χ1n) is 16.8. The summed E-state index contributed by atoms with van der Waals surface area (Å²) in [6, 6.07) is 4.56. The quantitative estimate of drug-likeness (QED) is 0.294. The number of phenolic OH excluding ortho intramolecular Hbond substituents is 2. The van der Waals surface area contributed by atoms with Crippen LogP contribution in [0.25, 0.3) is 11.1 Å². The van der Waals surface area contributed by atoms with E-state index in [0.29, 0.717) is 47.0 Å². The van der Waals surface area contributed by atoms with E-state index in [1.165, 1.54) is 59.1 Å². The molecule has 6 atom stereocenters. The molecule has 0 heterocycles. The van der Waals surface area contributed by atoms with Crippen LogP contribution in [0.15, 0.2) is 35.4 Å². The lowest BCUT2D eigenvalue weighted by atomic mass is 9.66. The van der Waals surface area contributed by atoms with Gasteiger partial charge in [-0.3, -0.25) is 0 Å². The first-order chi connectivity index (χ1) is 19.8. The molecule has 0 radical (unpaired) electrons. The largest absolute Gasteiger partial charge is 0.507 e. The summed E-state index contributed by atoms with van der Waals surface area (Å²) in [7, 11) is 0. The van der Waals surface area contributed by atoms with Gasteiger partial charge in [-0.25, -0.2) is 0 Å². The van der Waals surface area contributed by atoms with Crippen molar-refractivity contribution in [3.05, 3.63) is 68.8 Å². The topological polar surface area (TPSA) is 40.5 Å². The number of hydrogen-bond donors (Lipinski definition) is 2. The lowest BCUT2D eigenvalue weighted by Gasteiger charge is -2.39. The summed E-state index contributed by atoms with van der Waals surface area (Å²) in [4.78, 5) is 0. The molecule has 2 aliphatic carbocycles. The van der Waals surface area contributed by atoms with Crippen LogP contribution in [0.2, 0.25) is 0 Å². The van der Waals surface area contributed by atoms with Gasteiger partial charge in [-0.15, -0.1) is 0 Å². The van der Waals surface area contributed by atoms with Crippen molar-refractivity contribution in [2.24, 2.45) is 11.8 Å². The van der Waals surface area contributed by atoms with Crippen LogP contribution in [-0.4, -0.2) is 10.2 Å². The predicted molar refractivity (Wildman–Crippen MR) is 181 cm³/mol. The summed E-state index contributed by atoms with van der Waals surface area (Å²) in [5, 5.41) is 23.7. The number of phenols is 2. The van der Waals surface area contributed by atoms with Gasteiger partial charge in [-0.2, -0.15) is 0 Å². The van der Waals surface area contributed by atoms with Crippen molar-refractivity contribution in [3.8, 4) is 22.6 Å². The summed E-state index contributed by atoms with van der Waals surface area (Å²) in [5.41, 5.74) is 11.9. The van der Waals surface area contributed by atoms with Gasteiger partial charge in [0.15, 0.2) is 0 Å². The molecule has 2 N–H and O–H groups in total. The number of aryl methyl sites for hydroxylation is 2. The van der Waals surface area contributed by atoms with Crippen molar-refractivity contribution < 1.29 is 10.2 Å². The van der Waals surface area contributed by atoms with Gasteiger partial charge in [0.1, 0.15) is 11.5 Å². The Hall–Kier alpha value is -2.48. The van der Waals surface area contributed by atoms with Gasteiger partial charge in [0.2, 0.25) is 0 Å². The molecule has 0 saturated heterocycles. The second kappa shape index (κ2) is 13.4. The highest BCUT2D eigenvalue weighted by Gasteiger charge is 2.37. The summed E-state index contributed by atoms with van der Waals surface area (Å²) in [6.07, 6.45) is 13.9. The fourth-order valence-electron chi connectivity index (χ4n) is 8.19. The second-order valence-corrected chi connectivity index (χ2v) is 14.7. The van der Waals surface area contributed by atoms with E-state index < -0.39 is 0 Å². The van der Waals surface area contributed by atoms with E-state index >= 15 is 0 Å². The summed E-state index contributed by atoms with van der Waals surface area (Å²) in [5.74, 6) is 3.50. The van der Waals surface area contributed by atoms with Crippen molar-refractivity contribution >= 4 is 0 Å². The van der Waals surface area contributed by atoms with Gasteiger partial charge in [0.25, 0.3) is 0 Å². The molecule has 2 aliphatic rings. The fourth-order valence-corrected chi connectivity index (χ4v) is 8.19. The Balaban J connectivity index is 1.90. The zero-order valence-corrected chi connectivity index (χ0v) is 28.3. The molecule has 0 spiro atoms. The molecule has 2 nitrogen and oxygen atoms in total. The van der Waals surface area contributed by atoms with Crippen LogP contribution >= 0.6 is 0 Å². The Kier molecular flexibility index (Phi) is 10.4. The minimum absolute atomic E-state index is 0.344. The molecule has 0 amide bonds. The standard InChI is InChI=1S/C40H58O2/c1-23(2)13-11-15-25(5)31-19-17-27(7)35-33(31)21-29(9)39(41)37(35)38-36-28(8)18-20-32(26(6)16-12-14-24(3)4)34(36)22-30(10)40(38)42/h13-14,21-22,25-28,31-32,41-42H,11-12,15-20H2,1-10H3/t25-,26-,27-,28-,31+,32+/m0/s1. The molecular weight excluding hydrogens is 512 g/mol. The van der Waals surface area contributed by atoms with Gasteiger partial charge >= 0.3 is 0 Å². The van der Waals surface area contributed by atoms with Gasteiger partial charge < -0.3 is 10.2 Å². The van der Waals surface area contributed by atoms with E-state index in [9.17, 15) is 10.2 Å². The molecule has 42 heavy (non-hydrogen) atoms. The van der Waals surface area contributed by atoms with E-state index in [1.54, 1.807) is 0 Å². The lowest BCUT2D eigenvalue weighted by Crippen LogP contribution is -2.22. The van der Waals surface area contributed by atoms with Crippen LogP contribution in [0, 0.1) is 25.7 Å². The highest BCUT2D eigenvalue weighted by atomic mass is 16.3. The normalized spacial score (nSPS) is 23.0. The van der Waals surface area contributed by atoms with Gasteiger partial charge in [-0.05, 0) is 162 Å². The van der Waals surface area contributed by atoms with Crippen LogP contribution in [0.1, 0.15) is 164 Å². The molecule has 2 aromatic rings. The minimum atomic E-state index is 0.344. The molecule has 230 valence electrons. The van der Waals surface area contributed by atoms with E-state index in [2.05, 4.69) is 93.5 Å². The third kappa shape index (κ3) is 6.53. The smallest absolute Gasteiger partial charge is 0.126 e. The second-order valence-electron chi connectivity index (χ2n) is 14.7. The maximum absolute atomic E-state index is 11.9. The molecule has 0 saturated carbocycles. The molecule has 0 aromatic heterocycles. The highest BCUT2D eigenvalue weighted by Crippen LogP contribution is 2.57. The predicted octanol–water partition coefficient (Wildman–Crippen LogP) is 12.1. The lowest BCUT2D eigenvalue weighted by molar-refractivity contribution is 0.366. The molecule has 0 bridgehead atoms. The Morgan fingerprint density at radius 3 is 1.38 bits per heavy atom. The SMILES string of the molecule is CC(C)=CCC[C@H](C)[C@H]1CC[C@H](C)c2c1cc(C)c(O)c2-c1c(O)c(C)cc2c1[C@@H](C)CC[C@@H]2[C@@H](C)CCC=C(C)C. The summed E-state index contributed by atoms with van der Waals surface area (Å²) in [6.45, 7) is 22.4. The third-order valence-electron chi connectivity index (χ3n) is 10.7. The first-order valence-corrected chi connectivity index (χ1v) is 16.8. The van der Waals surface area contributed by atoms with E-state index in [1.807, 2.05) is 0 Å². The number of benzene rings is 2. The minimum Gasteiger partial charge on any atom is -0.507 e. The van der Waals surface area contributed by atoms with Gasteiger partial charge in [0.05, 0.1) is 0 Å². The Labute approximate surface area is 257 Å². The van der Waals surface area contributed by atoms with Crippen LogP contribution in [0.5, 0.6) is 11.5 Å². The van der Waals surface area contributed by atoms with Crippen LogP contribution in [-0.2, 0) is 0 Å². The maximum atomic E-state index is 11.9. The molecular formula is C40H58O2. The number of hydrogen-bond acceptors (Lipinski definition) is 2. The maximum Gasteiger partial charge on any atom is 0.126 e. The average molecular weight is 571 g/mol. The van der Waals surface area contributed by atoms with Crippen molar-refractivity contribution in [3.63, 3.8) is 0 Å². The number of aromatic hydroxyl groups is 2. The highest BCUT2D eigenvalue weighted by molar-refractivity contribution is 5.86. The van der Waals surface area contributed by atoms with Crippen molar-refractivity contribution in [2.75, 3.05) is 0 Å². The van der Waals surface area contributed by atoms with Crippen LogP contribution < -0.4 is 0 Å². The zero-order valence-electron chi connectivity index (χ0n) is 28.3. The molecule has 0 fully saturated rings.